The molecule has 0 amide bonds. The Hall–Kier alpha value is -1.05. The van der Waals surface area contributed by atoms with Crippen molar-refractivity contribution in [3.63, 3.8) is 0 Å². The standard InChI is InChI=1S/C14H21FO/c1-5-9-14(3,4)12-8-7-11(16-6-2)10-13(12)15/h7-8,10H,5-6,9H2,1-4H3. The fourth-order valence-corrected chi connectivity index (χ4v) is 2.06. The molecule has 1 nitrogen and oxygen atoms in total. The molecule has 0 unspecified atom stereocenters. The van der Waals surface area contributed by atoms with Gasteiger partial charge in [0.25, 0.3) is 0 Å². The molecular formula is C14H21FO. The molecule has 2 heteroatoms. The highest BCUT2D eigenvalue weighted by molar-refractivity contribution is 5.33. The van der Waals surface area contributed by atoms with E-state index in [2.05, 4.69) is 20.8 Å². The van der Waals surface area contributed by atoms with E-state index in [1.165, 1.54) is 6.07 Å². The molecule has 1 aromatic rings. The Balaban J connectivity index is 2.98. The monoisotopic (exact) mass is 224 g/mol. The summed E-state index contributed by atoms with van der Waals surface area (Å²) in [5.74, 6) is 0.445. The van der Waals surface area contributed by atoms with E-state index in [0.717, 1.165) is 18.4 Å². The van der Waals surface area contributed by atoms with Crippen LogP contribution in [0.4, 0.5) is 4.39 Å². The largest absolute Gasteiger partial charge is 0.494 e. The third-order valence-electron chi connectivity index (χ3n) is 2.86. The molecule has 0 atom stereocenters. The van der Waals surface area contributed by atoms with Crippen molar-refractivity contribution in [3.8, 4) is 5.75 Å². The molecule has 0 saturated heterocycles. The lowest BCUT2D eigenvalue weighted by Crippen LogP contribution is -2.18. The lowest BCUT2D eigenvalue weighted by atomic mass is 9.80. The molecule has 0 heterocycles. The van der Waals surface area contributed by atoms with Gasteiger partial charge in [-0.3, -0.25) is 0 Å². The van der Waals surface area contributed by atoms with Crippen molar-refractivity contribution < 1.29 is 9.13 Å². The molecule has 0 aliphatic carbocycles. The first-order valence-corrected chi connectivity index (χ1v) is 5.94. The molecule has 1 rings (SSSR count). The van der Waals surface area contributed by atoms with Gasteiger partial charge in [-0.25, -0.2) is 4.39 Å². The van der Waals surface area contributed by atoms with Crippen LogP contribution in [0.25, 0.3) is 0 Å². The molecule has 0 saturated carbocycles. The molecule has 0 aliphatic rings. The van der Waals surface area contributed by atoms with Crippen LogP contribution in [0.5, 0.6) is 5.75 Å². The van der Waals surface area contributed by atoms with Crippen LogP contribution in [0, 0.1) is 5.82 Å². The fourth-order valence-electron chi connectivity index (χ4n) is 2.06. The van der Waals surface area contributed by atoms with E-state index in [1.54, 1.807) is 0 Å². The maximum atomic E-state index is 13.9. The van der Waals surface area contributed by atoms with Crippen LogP contribution in [0.15, 0.2) is 18.2 Å². The normalized spacial score (nSPS) is 11.6. The van der Waals surface area contributed by atoms with Gasteiger partial charge in [0.1, 0.15) is 11.6 Å². The van der Waals surface area contributed by atoms with E-state index in [4.69, 9.17) is 4.74 Å². The van der Waals surface area contributed by atoms with Crippen LogP contribution >= 0.6 is 0 Å². The topological polar surface area (TPSA) is 9.23 Å². The highest BCUT2D eigenvalue weighted by Gasteiger charge is 2.23. The molecule has 0 aliphatic heterocycles. The zero-order valence-corrected chi connectivity index (χ0v) is 10.6. The lowest BCUT2D eigenvalue weighted by molar-refractivity contribution is 0.337. The highest BCUT2D eigenvalue weighted by atomic mass is 19.1. The Morgan fingerprint density at radius 2 is 1.94 bits per heavy atom. The van der Waals surface area contributed by atoms with Crippen molar-refractivity contribution in [2.24, 2.45) is 0 Å². The molecule has 0 N–H and O–H groups in total. The maximum absolute atomic E-state index is 13.9. The Kier molecular flexibility index (Phi) is 4.34. The fraction of sp³-hybridized carbons (Fsp3) is 0.571. The second kappa shape index (κ2) is 5.33. The lowest BCUT2D eigenvalue weighted by Gasteiger charge is -2.25. The van der Waals surface area contributed by atoms with Crippen molar-refractivity contribution in [2.75, 3.05) is 6.61 Å². The Morgan fingerprint density at radius 1 is 1.25 bits per heavy atom. The van der Waals surface area contributed by atoms with Gasteiger partial charge in [-0.1, -0.05) is 33.3 Å². The number of benzene rings is 1. The molecule has 90 valence electrons. The molecular weight excluding hydrogens is 203 g/mol. The summed E-state index contributed by atoms with van der Waals surface area (Å²) in [6.07, 6.45) is 2.04. The molecule has 0 spiro atoms. The summed E-state index contributed by atoms with van der Waals surface area (Å²) in [5.41, 5.74) is 0.668. The number of ether oxygens (including phenoxy) is 1. The SMILES string of the molecule is CCCC(C)(C)c1ccc(OCC)cc1F. The summed E-state index contributed by atoms with van der Waals surface area (Å²) in [5, 5.41) is 0. The average Bonchev–Trinajstić information content (AvgIpc) is 2.17. The average molecular weight is 224 g/mol. The molecule has 0 fully saturated rings. The third kappa shape index (κ3) is 2.97. The van der Waals surface area contributed by atoms with Gasteiger partial charge < -0.3 is 4.74 Å². The van der Waals surface area contributed by atoms with Crippen LogP contribution in [0.2, 0.25) is 0 Å². The van der Waals surface area contributed by atoms with Crippen LogP contribution in [-0.2, 0) is 5.41 Å². The van der Waals surface area contributed by atoms with E-state index in [0.29, 0.717) is 12.4 Å². The molecule has 0 aromatic heterocycles. The van der Waals surface area contributed by atoms with E-state index < -0.39 is 0 Å². The van der Waals surface area contributed by atoms with Crippen LogP contribution in [-0.4, -0.2) is 6.61 Å². The van der Waals surface area contributed by atoms with E-state index in [1.807, 2.05) is 19.1 Å². The minimum Gasteiger partial charge on any atom is -0.494 e. The first-order valence-electron chi connectivity index (χ1n) is 5.94. The Morgan fingerprint density at radius 3 is 2.44 bits per heavy atom. The van der Waals surface area contributed by atoms with Gasteiger partial charge in [0.2, 0.25) is 0 Å². The van der Waals surface area contributed by atoms with E-state index in [9.17, 15) is 4.39 Å². The van der Waals surface area contributed by atoms with Crippen LogP contribution < -0.4 is 4.74 Å². The minimum atomic E-state index is -0.163. The third-order valence-corrected chi connectivity index (χ3v) is 2.86. The second-order valence-electron chi connectivity index (χ2n) is 4.71. The van der Waals surface area contributed by atoms with Gasteiger partial charge in [-0.15, -0.1) is 0 Å². The quantitative estimate of drug-likeness (QED) is 0.724. The van der Waals surface area contributed by atoms with Gasteiger partial charge >= 0.3 is 0 Å². The Labute approximate surface area is 97.6 Å². The van der Waals surface area contributed by atoms with Crippen molar-refractivity contribution in [1.29, 1.82) is 0 Å². The number of hydrogen-bond donors (Lipinski definition) is 0. The van der Waals surface area contributed by atoms with Crippen molar-refractivity contribution in [1.82, 2.24) is 0 Å². The smallest absolute Gasteiger partial charge is 0.130 e. The number of rotatable bonds is 5. The second-order valence-corrected chi connectivity index (χ2v) is 4.71. The summed E-state index contributed by atoms with van der Waals surface area (Å²) in [6, 6.07) is 5.17. The molecule has 1 aromatic carbocycles. The predicted octanol–water partition coefficient (Wildman–Crippen LogP) is 4.30. The van der Waals surface area contributed by atoms with Crippen LogP contribution in [0.1, 0.15) is 46.1 Å². The summed E-state index contributed by atoms with van der Waals surface area (Å²) in [4.78, 5) is 0. The van der Waals surface area contributed by atoms with Gasteiger partial charge in [0.15, 0.2) is 0 Å². The minimum absolute atomic E-state index is 0.108. The van der Waals surface area contributed by atoms with Crippen LogP contribution in [0.3, 0.4) is 0 Å². The molecule has 0 bridgehead atoms. The zero-order valence-electron chi connectivity index (χ0n) is 10.6. The summed E-state index contributed by atoms with van der Waals surface area (Å²) in [7, 11) is 0. The van der Waals surface area contributed by atoms with E-state index >= 15 is 0 Å². The maximum Gasteiger partial charge on any atom is 0.130 e. The van der Waals surface area contributed by atoms with Crippen molar-refractivity contribution in [2.45, 2.75) is 46.0 Å². The first-order chi connectivity index (χ1) is 7.51. The zero-order chi connectivity index (χ0) is 12.2. The first kappa shape index (κ1) is 13.0. The van der Waals surface area contributed by atoms with Gasteiger partial charge in [0.05, 0.1) is 6.61 Å². The molecule has 0 radical (unpaired) electrons. The van der Waals surface area contributed by atoms with Crippen molar-refractivity contribution in [3.05, 3.63) is 29.6 Å². The van der Waals surface area contributed by atoms with Crippen molar-refractivity contribution >= 4 is 0 Å². The van der Waals surface area contributed by atoms with E-state index in [-0.39, 0.29) is 11.2 Å². The Bertz CT molecular complexity index is 345. The van der Waals surface area contributed by atoms with Gasteiger partial charge in [0, 0.05) is 6.07 Å². The van der Waals surface area contributed by atoms with Gasteiger partial charge in [-0.2, -0.15) is 0 Å². The summed E-state index contributed by atoms with van der Waals surface area (Å²) < 4.78 is 19.2. The summed E-state index contributed by atoms with van der Waals surface area (Å²) in [6.45, 7) is 8.74. The number of hydrogen-bond acceptors (Lipinski definition) is 1. The predicted molar refractivity (Wildman–Crippen MR) is 65.5 cm³/mol. The molecule has 16 heavy (non-hydrogen) atoms. The number of halogens is 1. The van der Waals surface area contributed by atoms with Gasteiger partial charge in [-0.05, 0) is 30.4 Å². The summed E-state index contributed by atoms with van der Waals surface area (Å²) >= 11 is 0. The highest BCUT2D eigenvalue weighted by Crippen LogP contribution is 2.32.